The summed E-state index contributed by atoms with van der Waals surface area (Å²) < 4.78 is 0. The molecule has 1 rings (SSSR count). The van der Waals surface area contributed by atoms with Crippen molar-refractivity contribution in [3.63, 3.8) is 0 Å². The number of nitrogens with zero attached hydrogens (tertiary/aromatic N) is 1. The molecule has 0 aromatic heterocycles. The van der Waals surface area contributed by atoms with Crippen LogP contribution in [0.3, 0.4) is 0 Å². The zero-order valence-corrected chi connectivity index (χ0v) is 10.3. The second kappa shape index (κ2) is 6.75. The van der Waals surface area contributed by atoms with E-state index >= 15 is 0 Å². The Hall–Kier alpha value is -0.750. The van der Waals surface area contributed by atoms with Gasteiger partial charge in [0.2, 0.25) is 5.91 Å². The fraction of sp³-hybridized carbons (Fsp3) is 0.800. The molecule has 92 valence electrons. The van der Waals surface area contributed by atoms with E-state index in [1.54, 1.807) is 11.8 Å². The number of aliphatic carboxylic acids is 1. The van der Waals surface area contributed by atoms with Crippen LogP contribution in [0, 0.1) is 0 Å². The molecule has 5 nitrogen and oxygen atoms in total. The zero-order valence-electron chi connectivity index (χ0n) is 9.44. The SMILES string of the molecule is CCNC(=O)CN1CCSCC1CC(=O)O. The Morgan fingerprint density at radius 2 is 2.31 bits per heavy atom. The molecule has 1 unspecified atom stereocenters. The van der Waals surface area contributed by atoms with Gasteiger partial charge in [-0.1, -0.05) is 0 Å². The largest absolute Gasteiger partial charge is 0.481 e. The van der Waals surface area contributed by atoms with Crippen molar-refractivity contribution < 1.29 is 14.7 Å². The van der Waals surface area contributed by atoms with E-state index in [2.05, 4.69) is 5.32 Å². The molecule has 1 atom stereocenters. The van der Waals surface area contributed by atoms with Crippen LogP contribution in [0.15, 0.2) is 0 Å². The maximum atomic E-state index is 11.4. The summed E-state index contributed by atoms with van der Waals surface area (Å²) in [6, 6.07) is -0.0149. The molecule has 2 N–H and O–H groups in total. The van der Waals surface area contributed by atoms with Crippen LogP contribution in [-0.4, -0.2) is 59.1 Å². The van der Waals surface area contributed by atoms with Crippen molar-refractivity contribution in [1.82, 2.24) is 10.2 Å². The predicted molar refractivity (Wildman–Crippen MR) is 63.6 cm³/mol. The van der Waals surface area contributed by atoms with Crippen molar-refractivity contribution in [3.8, 4) is 0 Å². The summed E-state index contributed by atoms with van der Waals surface area (Å²) in [5.74, 6) is 0.944. The van der Waals surface area contributed by atoms with Crippen LogP contribution in [0.25, 0.3) is 0 Å². The zero-order chi connectivity index (χ0) is 12.0. The van der Waals surface area contributed by atoms with Crippen molar-refractivity contribution in [2.45, 2.75) is 19.4 Å². The molecule has 1 fully saturated rings. The topological polar surface area (TPSA) is 69.6 Å². The van der Waals surface area contributed by atoms with Gasteiger partial charge < -0.3 is 10.4 Å². The number of carboxylic acids is 1. The van der Waals surface area contributed by atoms with Gasteiger partial charge in [-0.25, -0.2) is 0 Å². The molecule has 0 bridgehead atoms. The molecule has 1 aliphatic heterocycles. The van der Waals surface area contributed by atoms with Crippen LogP contribution < -0.4 is 5.32 Å². The van der Waals surface area contributed by atoms with Crippen molar-refractivity contribution in [3.05, 3.63) is 0 Å². The Bertz CT molecular complexity index is 260. The Kier molecular flexibility index (Phi) is 5.62. The first-order valence-electron chi connectivity index (χ1n) is 5.43. The first-order chi connectivity index (χ1) is 7.63. The Labute approximate surface area is 99.6 Å². The normalized spacial score (nSPS) is 21.7. The highest BCUT2D eigenvalue weighted by molar-refractivity contribution is 7.99. The second-order valence-electron chi connectivity index (χ2n) is 3.75. The number of likely N-dealkylation sites (N-methyl/N-ethyl adjacent to an activating group) is 1. The average Bonchev–Trinajstić information content (AvgIpc) is 2.20. The van der Waals surface area contributed by atoms with Crippen molar-refractivity contribution in [2.75, 3.05) is 31.1 Å². The van der Waals surface area contributed by atoms with E-state index in [1.807, 2.05) is 11.8 Å². The highest BCUT2D eigenvalue weighted by Gasteiger charge is 2.26. The maximum absolute atomic E-state index is 11.4. The van der Waals surface area contributed by atoms with Crippen molar-refractivity contribution in [2.24, 2.45) is 0 Å². The van der Waals surface area contributed by atoms with Gasteiger partial charge in [-0.05, 0) is 6.92 Å². The first-order valence-corrected chi connectivity index (χ1v) is 6.59. The standard InChI is InChI=1S/C10H18N2O3S/c1-2-11-9(13)6-12-3-4-16-7-8(12)5-10(14)15/h8H,2-7H2,1H3,(H,11,13)(H,14,15). The number of carboxylic acid groups (broad SMARTS) is 1. The number of hydrogen-bond acceptors (Lipinski definition) is 4. The van der Waals surface area contributed by atoms with E-state index < -0.39 is 5.97 Å². The quantitative estimate of drug-likeness (QED) is 0.715. The Morgan fingerprint density at radius 3 is 2.94 bits per heavy atom. The fourth-order valence-electron chi connectivity index (χ4n) is 1.72. The molecule has 0 aromatic rings. The average molecular weight is 246 g/mol. The highest BCUT2D eigenvalue weighted by atomic mass is 32.2. The van der Waals surface area contributed by atoms with Gasteiger partial charge in [0.25, 0.3) is 0 Å². The van der Waals surface area contributed by atoms with Gasteiger partial charge in [0.1, 0.15) is 0 Å². The fourth-order valence-corrected chi connectivity index (χ4v) is 2.86. The summed E-state index contributed by atoms with van der Waals surface area (Å²) in [7, 11) is 0. The summed E-state index contributed by atoms with van der Waals surface area (Å²) in [4.78, 5) is 24.1. The van der Waals surface area contributed by atoms with Gasteiger partial charge in [0.15, 0.2) is 0 Å². The van der Waals surface area contributed by atoms with E-state index in [1.165, 1.54) is 0 Å². The molecule has 0 aliphatic carbocycles. The van der Waals surface area contributed by atoms with Gasteiger partial charge >= 0.3 is 5.97 Å². The number of carbonyl (C=O) groups excluding carboxylic acids is 1. The van der Waals surface area contributed by atoms with Crippen LogP contribution >= 0.6 is 11.8 Å². The smallest absolute Gasteiger partial charge is 0.304 e. The van der Waals surface area contributed by atoms with Crippen molar-refractivity contribution in [1.29, 1.82) is 0 Å². The Morgan fingerprint density at radius 1 is 1.56 bits per heavy atom. The molecule has 0 saturated carbocycles. The predicted octanol–water partition coefficient (Wildman–Crippen LogP) is 0.0146. The van der Waals surface area contributed by atoms with E-state index in [4.69, 9.17) is 5.11 Å². The van der Waals surface area contributed by atoms with Gasteiger partial charge in [-0.2, -0.15) is 11.8 Å². The van der Waals surface area contributed by atoms with Crippen molar-refractivity contribution >= 4 is 23.6 Å². The minimum absolute atomic E-state index is 0.0149. The van der Waals surface area contributed by atoms with Crippen LogP contribution in [0.2, 0.25) is 0 Å². The number of thioether (sulfide) groups is 1. The van der Waals surface area contributed by atoms with Gasteiger partial charge in [-0.3, -0.25) is 14.5 Å². The molecular formula is C10H18N2O3S. The lowest BCUT2D eigenvalue weighted by Gasteiger charge is -2.33. The summed E-state index contributed by atoms with van der Waals surface area (Å²) in [6.07, 6.45) is 0.117. The molecular weight excluding hydrogens is 228 g/mol. The molecule has 16 heavy (non-hydrogen) atoms. The summed E-state index contributed by atoms with van der Waals surface area (Å²) in [5.41, 5.74) is 0. The minimum Gasteiger partial charge on any atom is -0.481 e. The maximum Gasteiger partial charge on any atom is 0.304 e. The van der Waals surface area contributed by atoms with Crippen LogP contribution in [0.1, 0.15) is 13.3 Å². The molecule has 0 spiro atoms. The first kappa shape index (κ1) is 13.3. The lowest BCUT2D eigenvalue weighted by Crippen LogP contribution is -2.48. The number of amides is 1. The van der Waals surface area contributed by atoms with Crippen LogP contribution in [0.5, 0.6) is 0 Å². The molecule has 1 heterocycles. The molecule has 1 saturated heterocycles. The molecule has 1 amide bonds. The molecule has 6 heteroatoms. The number of rotatable bonds is 5. The van der Waals surface area contributed by atoms with Gasteiger partial charge in [-0.15, -0.1) is 0 Å². The number of carbonyl (C=O) groups is 2. The van der Waals surface area contributed by atoms with E-state index in [9.17, 15) is 9.59 Å². The second-order valence-corrected chi connectivity index (χ2v) is 4.90. The molecule has 0 aromatic carbocycles. The van der Waals surface area contributed by atoms with E-state index in [-0.39, 0.29) is 18.4 Å². The van der Waals surface area contributed by atoms with E-state index in [0.29, 0.717) is 13.1 Å². The van der Waals surface area contributed by atoms with Gasteiger partial charge in [0, 0.05) is 30.6 Å². The Balaban J connectivity index is 2.46. The van der Waals surface area contributed by atoms with Crippen LogP contribution in [-0.2, 0) is 9.59 Å². The summed E-state index contributed by atoms with van der Waals surface area (Å²) in [6.45, 7) is 3.59. The third kappa shape index (κ3) is 4.40. The lowest BCUT2D eigenvalue weighted by atomic mass is 10.2. The summed E-state index contributed by atoms with van der Waals surface area (Å²) >= 11 is 1.75. The number of hydrogen-bond donors (Lipinski definition) is 2. The van der Waals surface area contributed by atoms with Gasteiger partial charge in [0.05, 0.1) is 13.0 Å². The molecule has 1 aliphatic rings. The number of nitrogens with one attached hydrogen (secondary N) is 1. The molecule has 0 radical (unpaired) electrons. The minimum atomic E-state index is -0.798. The third-order valence-corrected chi connectivity index (χ3v) is 3.57. The van der Waals surface area contributed by atoms with Crippen LogP contribution in [0.4, 0.5) is 0 Å². The monoisotopic (exact) mass is 246 g/mol. The highest BCUT2D eigenvalue weighted by Crippen LogP contribution is 2.18. The lowest BCUT2D eigenvalue weighted by molar-refractivity contribution is -0.138. The third-order valence-electron chi connectivity index (χ3n) is 2.48. The van der Waals surface area contributed by atoms with E-state index in [0.717, 1.165) is 18.1 Å². The summed E-state index contributed by atoms with van der Waals surface area (Å²) in [5, 5.41) is 11.5.